The molecule has 2 aliphatic rings. The average molecular weight is 392 g/mol. The maximum absolute atomic E-state index is 13.5. The molecule has 0 bridgehead atoms. The van der Waals surface area contributed by atoms with Gasteiger partial charge in [-0.15, -0.1) is 0 Å². The van der Waals surface area contributed by atoms with Gasteiger partial charge in [0.1, 0.15) is 5.75 Å². The monoisotopic (exact) mass is 392 g/mol. The van der Waals surface area contributed by atoms with Crippen LogP contribution in [0.4, 0.5) is 0 Å². The fourth-order valence-corrected chi connectivity index (χ4v) is 4.75. The zero-order valence-corrected chi connectivity index (χ0v) is 17.1. The Hall–Kier alpha value is -2.82. The fraction of sp³-hybridized carbons (Fsp3) is 0.417. The molecule has 29 heavy (non-hydrogen) atoms. The Balaban J connectivity index is 1.64. The molecule has 3 atom stereocenters. The first-order chi connectivity index (χ1) is 14.0. The van der Waals surface area contributed by atoms with Crippen LogP contribution in [-0.2, 0) is 16.0 Å². The number of rotatable bonds is 4. The molecule has 0 radical (unpaired) electrons. The quantitative estimate of drug-likeness (QED) is 0.866. The van der Waals surface area contributed by atoms with Crippen LogP contribution in [0.3, 0.4) is 0 Å². The minimum Gasteiger partial charge on any atom is -0.497 e. The summed E-state index contributed by atoms with van der Waals surface area (Å²) in [5.41, 5.74) is 3.28. The van der Waals surface area contributed by atoms with Crippen molar-refractivity contribution in [2.75, 3.05) is 7.11 Å². The van der Waals surface area contributed by atoms with E-state index in [2.05, 4.69) is 11.4 Å². The van der Waals surface area contributed by atoms with E-state index in [0.717, 1.165) is 41.7 Å². The van der Waals surface area contributed by atoms with Crippen molar-refractivity contribution in [3.63, 3.8) is 0 Å². The lowest BCUT2D eigenvalue weighted by molar-refractivity contribution is -0.134. The molecule has 5 nitrogen and oxygen atoms in total. The predicted octanol–water partition coefficient (Wildman–Crippen LogP) is 3.56. The van der Waals surface area contributed by atoms with Crippen molar-refractivity contribution in [2.45, 2.75) is 57.2 Å². The summed E-state index contributed by atoms with van der Waals surface area (Å²) in [7, 11) is 1.65. The molecule has 0 unspecified atom stereocenters. The summed E-state index contributed by atoms with van der Waals surface area (Å²) in [6.07, 6.45) is 3.35. The second-order valence-electron chi connectivity index (χ2n) is 8.13. The summed E-state index contributed by atoms with van der Waals surface area (Å²) >= 11 is 0. The number of benzene rings is 2. The number of carbonyl (C=O) groups is 2. The third-order valence-corrected chi connectivity index (χ3v) is 6.11. The van der Waals surface area contributed by atoms with Gasteiger partial charge < -0.3 is 15.0 Å². The van der Waals surface area contributed by atoms with Crippen molar-refractivity contribution in [1.82, 2.24) is 10.2 Å². The largest absolute Gasteiger partial charge is 0.497 e. The zero-order chi connectivity index (χ0) is 20.4. The van der Waals surface area contributed by atoms with Gasteiger partial charge in [0.05, 0.1) is 31.7 Å². The van der Waals surface area contributed by atoms with E-state index in [9.17, 15) is 9.59 Å². The number of carbonyl (C=O) groups excluding carboxylic acids is 2. The summed E-state index contributed by atoms with van der Waals surface area (Å²) in [6.45, 7) is 2.04. The van der Waals surface area contributed by atoms with Crippen LogP contribution in [0.1, 0.15) is 48.4 Å². The van der Waals surface area contributed by atoms with Gasteiger partial charge in [0, 0.05) is 6.42 Å². The SMILES string of the molecule is COc1ccc([C@H]2C[C@@H]3NC(=O)CCC[C@H]3N2C(=O)Cc2cccc(C)c2)cc1. The van der Waals surface area contributed by atoms with Crippen molar-refractivity contribution >= 4 is 11.8 Å². The van der Waals surface area contributed by atoms with Gasteiger partial charge >= 0.3 is 0 Å². The van der Waals surface area contributed by atoms with Crippen LogP contribution in [0.25, 0.3) is 0 Å². The second kappa shape index (κ2) is 8.27. The first-order valence-electron chi connectivity index (χ1n) is 10.3. The van der Waals surface area contributed by atoms with E-state index in [4.69, 9.17) is 4.74 Å². The number of hydrogen-bond acceptors (Lipinski definition) is 3. The predicted molar refractivity (Wildman–Crippen MR) is 112 cm³/mol. The van der Waals surface area contributed by atoms with Crippen molar-refractivity contribution < 1.29 is 14.3 Å². The van der Waals surface area contributed by atoms with Gasteiger partial charge in [0.2, 0.25) is 11.8 Å². The number of nitrogens with zero attached hydrogens (tertiary/aromatic N) is 1. The Morgan fingerprint density at radius 3 is 2.72 bits per heavy atom. The molecule has 4 rings (SSSR count). The Morgan fingerprint density at radius 2 is 2.00 bits per heavy atom. The highest BCUT2D eigenvalue weighted by Crippen LogP contribution is 2.40. The van der Waals surface area contributed by atoms with Crippen molar-refractivity contribution in [3.8, 4) is 5.75 Å². The lowest BCUT2D eigenvalue weighted by Gasteiger charge is -2.31. The van der Waals surface area contributed by atoms with E-state index in [1.54, 1.807) is 7.11 Å². The molecule has 0 aromatic heterocycles. The molecule has 0 saturated carbocycles. The molecule has 1 N–H and O–H groups in total. The van der Waals surface area contributed by atoms with Gasteiger partial charge in [0.15, 0.2) is 0 Å². The highest BCUT2D eigenvalue weighted by Gasteiger charge is 2.45. The Labute approximate surface area is 172 Å². The summed E-state index contributed by atoms with van der Waals surface area (Å²) in [5.74, 6) is 1.02. The molecule has 2 heterocycles. The summed E-state index contributed by atoms with van der Waals surface area (Å²) in [4.78, 5) is 27.6. The van der Waals surface area contributed by atoms with E-state index in [1.165, 1.54) is 0 Å². The van der Waals surface area contributed by atoms with Crippen LogP contribution in [0.2, 0.25) is 0 Å². The number of likely N-dealkylation sites (tertiary alicyclic amines) is 1. The van der Waals surface area contributed by atoms with Crippen LogP contribution in [0, 0.1) is 6.92 Å². The minimum absolute atomic E-state index is 0.0126. The molecule has 2 aromatic carbocycles. The van der Waals surface area contributed by atoms with E-state index < -0.39 is 0 Å². The van der Waals surface area contributed by atoms with Crippen molar-refractivity contribution in [3.05, 3.63) is 65.2 Å². The number of methoxy groups -OCH3 is 1. The number of fused-ring (bicyclic) bond motifs is 1. The molecular formula is C24H28N2O3. The number of ether oxygens (including phenoxy) is 1. The lowest BCUT2D eigenvalue weighted by Crippen LogP contribution is -2.45. The molecular weight excluding hydrogens is 364 g/mol. The third-order valence-electron chi connectivity index (χ3n) is 6.11. The Morgan fingerprint density at radius 1 is 1.21 bits per heavy atom. The van der Waals surface area contributed by atoms with Gasteiger partial charge in [-0.1, -0.05) is 42.0 Å². The Bertz CT molecular complexity index is 893. The van der Waals surface area contributed by atoms with Gasteiger partial charge in [-0.2, -0.15) is 0 Å². The standard InChI is InChI=1S/C24H28N2O3/c1-16-5-3-6-17(13-16)14-24(28)26-21-7-4-8-23(27)25-20(21)15-22(26)18-9-11-19(29-2)12-10-18/h3,5-6,9-13,20-22H,4,7-8,14-15H2,1-2H3,(H,25,27)/t20-,21+,22+/m0/s1. The first-order valence-corrected chi connectivity index (χ1v) is 10.3. The van der Waals surface area contributed by atoms with Crippen molar-refractivity contribution in [2.24, 2.45) is 0 Å². The summed E-state index contributed by atoms with van der Waals surface area (Å²) in [6, 6.07) is 16.1. The van der Waals surface area contributed by atoms with Crippen LogP contribution in [0.5, 0.6) is 5.75 Å². The fourth-order valence-electron chi connectivity index (χ4n) is 4.75. The van der Waals surface area contributed by atoms with Gasteiger partial charge in [-0.05, 0) is 49.4 Å². The van der Waals surface area contributed by atoms with Gasteiger partial charge in [0.25, 0.3) is 0 Å². The van der Waals surface area contributed by atoms with E-state index in [-0.39, 0.29) is 29.9 Å². The molecule has 0 spiro atoms. The summed E-state index contributed by atoms with van der Waals surface area (Å²) < 4.78 is 5.28. The smallest absolute Gasteiger partial charge is 0.227 e. The Kier molecular flexibility index (Phi) is 5.56. The lowest BCUT2D eigenvalue weighted by atomic mass is 10.0. The molecule has 2 amide bonds. The number of aryl methyl sites for hydroxylation is 1. The molecule has 5 heteroatoms. The molecule has 2 saturated heterocycles. The highest BCUT2D eigenvalue weighted by molar-refractivity contribution is 5.81. The molecule has 2 aliphatic heterocycles. The maximum Gasteiger partial charge on any atom is 0.227 e. The van der Waals surface area contributed by atoms with Crippen LogP contribution in [0.15, 0.2) is 48.5 Å². The van der Waals surface area contributed by atoms with E-state index in [1.807, 2.05) is 54.3 Å². The zero-order valence-electron chi connectivity index (χ0n) is 17.1. The number of nitrogens with one attached hydrogen (secondary N) is 1. The molecule has 2 aromatic rings. The normalized spacial score (nSPS) is 23.9. The third kappa shape index (κ3) is 4.14. The number of amides is 2. The van der Waals surface area contributed by atoms with Crippen molar-refractivity contribution in [1.29, 1.82) is 0 Å². The maximum atomic E-state index is 13.5. The average Bonchev–Trinajstić information content (AvgIpc) is 2.96. The van der Waals surface area contributed by atoms with Crippen LogP contribution in [-0.4, -0.2) is 35.9 Å². The molecule has 152 valence electrons. The topological polar surface area (TPSA) is 58.6 Å². The molecule has 0 aliphatic carbocycles. The van der Waals surface area contributed by atoms with E-state index >= 15 is 0 Å². The van der Waals surface area contributed by atoms with E-state index in [0.29, 0.717) is 12.8 Å². The van der Waals surface area contributed by atoms with Gasteiger partial charge in [-0.25, -0.2) is 0 Å². The minimum atomic E-state index is -0.0355. The first kappa shape index (κ1) is 19.5. The summed E-state index contributed by atoms with van der Waals surface area (Å²) in [5, 5.41) is 3.16. The number of hydrogen-bond donors (Lipinski definition) is 1. The molecule has 2 fully saturated rings. The van der Waals surface area contributed by atoms with Crippen LogP contribution < -0.4 is 10.1 Å². The van der Waals surface area contributed by atoms with Gasteiger partial charge in [-0.3, -0.25) is 9.59 Å². The van der Waals surface area contributed by atoms with Crippen LogP contribution >= 0.6 is 0 Å². The highest BCUT2D eigenvalue weighted by atomic mass is 16.5. The second-order valence-corrected chi connectivity index (χ2v) is 8.13.